The van der Waals surface area contributed by atoms with Crippen LogP contribution in [-0.4, -0.2) is 27.7 Å². The predicted octanol–water partition coefficient (Wildman–Crippen LogP) is 0.730. The van der Waals surface area contributed by atoms with Gasteiger partial charge in [-0.25, -0.2) is 9.50 Å². The van der Waals surface area contributed by atoms with Crippen LogP contribution in [0.15, 0.2) is 18.3 Å². The minimum absolute atomic E-state index is 0.547. The summed E-state index contributed by atoms with van der Waals surface area (Å²) in [5, 5.41) is 7.95. The van der Waals surface area contributed by atoms with Gasteiger partial charge in [0.25, 0.3) is 0 Å². The fourth-order valence-electron chi connectivity index (χ4n) is 2.54. The van der Waals surface area contributed by atoms with Crippen molar-refractivity contribution in [1.29, 1.82) is 0 Å². The molecule has 3 N–H and O–H groups in total. The molecule has 1 unspecified atom stereocenters. The average molecular weight is 245 g/mol. The van der Waals surface area contributed by atoms with Gasteiger partial charge in [0.15, 0.2) is 11.5 Å². The van der Waals surface area contributed by atoms with Crippen molar-refractivity contribution in [2.45, 2.75) is 25.8 Å². The zero-order chi connectivity index (χ0) is 12.4. The summed E-state index contributed by atoms with van der Waals surface area (Å²) in [6.07, 6.45) is 5.44. The van der Waals surface area contributed by atoms with Crippen molar-refractivity contribution in [1.82, 2.24) is 19.9 Å². The van der Waals surface area contributed by atoms with Gasteiger partial charge in [0.2, 0.25) is 0 Å². The summed E-state index contributed by atoms with van der Waals surface area (Å²) in [7, 11) is 0. The Bertz CT molecular complexity index is 527. The summed E-state index contributed by atoms with van der Waals surface area (Å²) in [6.45, 7) is 2.78. The van der Waals surface area contributed by atoms with Gasteiger partial charge in [-0.1, -0.05) is 0 Å². The number of pyridine rings is 1. The van der Waals surface area contributed by atoms with E-state index >= 15 is 0 Å². The molecule has 1 fully saturated rings. The standard InChI is InChI=1S/C13H19N5/c14-8-10-3-5-18-13(7-10)16-12(17-18)6-11-2-1-4-15-9-11/h3,5,7,11,15H,1-2,4,6,8-9,14H2. The lowest BCUT2D eigenvalue weighted by Gasteiger charge is -2.21. The molecule has 0 aliphatic carbocycles. The molecule has 3 rings (SSSR count). The lowest BCUT2D eigenvalue weighted by Crippen LogP contribution is -2.31. The van der Waals surface area contributed by atoms with Crippen LogP contribution in [0, 0.1) is 5.92 Å². The zero-order valence-electron chi connectivity index (χ0n) is 10.5. The number of aromatic nitrogens is 3. The Labute approximate surface area is 106 Å². The first kappa shape index (κ1) is 11.6. The maximum Gasteiger partial charge on any atom is 0.155 e. The highest BCUT2D eigenvalue weighted by atomic mass is 15.3. The second kappa shape index (κ2) is 5.04. The highest BCUT2D eigenvalue weighted by molar-refractivity contribution is 5.40. The van der Waals surface area contributed by atoms with Crippen molar-refractivity contribution < 1.29 is 0 Å². The van der Waals surface area contributed by atoms with E-state index in [2.05, 4.69) is 15.4 Å². The molecule has 2 aromatic rings. The fourth-order valence-corrected chi connectivity index (χ4v) is 2.54. The van der Waals surface area contributed by atoms with E-state index in [1.54, 1.807) is 0 Å². The lowest BCUT2D eigenvalue weighted by molar-refractivity contribution is 0.371. The predicted molar refractivity (Wildman–Crippen MR) is 70.2 cm³/mol. The van der Waals surface area contributed by atoms with Crippen molar-refractivity contribution in [3.63, 3.8) is 0 Å². The molecule has 18 heavy (non-hydrogen) atoms. The molecule has 0 spiro atoms. The number of piperidine rings is 1. The van der Waals surface area contributed by atoms with Gasteiger partial charge in [-0.3, -0.25) is 0 Å². The summed E-state index contributed by atoms with van der Waals surface area (Å²) >= 11 is 0. The van der Waals surface area contributed by atoms with Gasteiger partial charge >= 0.3 is 0 Å². The van der Waals surface area contributed by atoms with Crippen LogP contribution in [0.25, 0.3) is 5.65 Å². The van der Waals surface area contributed by atoms with Crippen molar-refractivity contribution in [2.24, 2.45) is 11.7 Å². The molecule has 1 aliphatic heterocycles. The Morgan fingerprint density at radius 2 is 2.44 bits per heavy atom. The highest BCUT2D eigenvalue weighted by Gasteiger charge is 2.16. The fraction of sp³-hybridized carbons (Fsp3) is 0.538. The van der Waals surface area contributed by atoms with Crippen LogP contribution in [0.3, 0.4) is 0 Å². The van der Waals surface area contributed by atoms with Gasteiger partial charge in [-0.2, -0.15) is 5.10 Å². The van der Waals surface area contributed by atoms with E-state index in [9.17, 15) is 0 Å². The van der Waals surface area contributed by atoms with E-state index in [0.29, 0.717) is 12.5 Å². The number of nitrogens with one attached hydrogen (secondary N) is 1. The van der Waals surface area contributed by atoms with Crippen LogP contribution >= 0.6 is 0 Å². The molecule has 0 bridgehead atoms. The third-order valence-corrected chi connectivity index (χ3v) is 3.55. The molecule has 0 aromatic carbocycles. The van der Waals surface area contributed by atoms with Gasteiger partial charge in [0.1, 0.15) is 0 Å². The third-order valence-electron chi connectivity index (χ3n) is 3.55. The van der Waals surface area contributed by atoms with Crippen LogP contribution in [0.2, 0.25) is 0 Å². The molecule has 96 valence electrons. The number of nitrogens with zero attached hydrogens (tertiary/aromatic N) is 3. The largest absolute Gasteiger partial charge is 0.326 e. The van der Waals surface area contributed by atoms with E-state index in [1.165, 1.54) is 12.8 Å². The summed E-state index contributed by atoms with van der Waals surface area (Å²) in [5.41, 5.74) is 7.63. The number of nitrogens with two attached hydrogens (primary N) is 1. The molecule has 5 heteroatoms. The quantitative estimate of drug-likeness (QED) is 0.836. The van der Waals surface area contributed by atoms with Crippen LogP contribution in [-0.2, 0) is 13.0 Å². The second-order valence-electron chi connectivity index (χ2n) is 4.99. The van der Waals surface area contributed by atoms with Gasteiger partial charge in [-0.05, 0) is 49.5 Å². The lowest BCUT2D eigenvalue weighted by atomic mass is 9.96. The molecule has 1 atom stereocenters. The van der Waals surface area contributed by atoms with E-state index in [4.69, 9.17) is 5.73 Å². The Balaban J connectivity index is 1.79. The Morgan fingerprint density at radius 1 is 1.50 bits per heavy atom. The first-order chi connectivity index (χ1) is 8.85. The highest BCUT2D eigenvalue weighted by Crippen LogP contribution is 2.15. The van der Waals surface area contributed by atoms with Crippen LogP contribution in [0.1, 0.15) is 24.2 Å². The van der Waals surface area contributed by atoms with E-state index in [-0.39, 0.29) is 0 Å². The molecule has 0 amide bonds. The van der Waals surface area contributed by atoms with E-state index in [0.717, 1.165) is 36.5 Å². The molecule has 0 saturated carbocycles. The Kier molecular flexibility index (Phi) is 3.25. The van der Waals surface area contributed by atoms with Crippen LogP contribution in [0.4, 0.5) is 0 Å². The van der Waals surface area contributed by atoms with Gasteiger partial charge < -0.3 is 11.1 Å². The first-order valence-electron chi connectivity index (χ1n) is 6.60. The monoisotopic (exact) mass is 245 g/mol. The van der Waals surface area contributed by atoms with Gasteiger partial charge in [-0.15, -0.1) is 0 Å². The number of hydrogen-bond donors (Lipinski definition) is 2. The van der Waals surface area contributed by atoms with Crippen molar-refractivity contribution in [3.8, 4) is 0 Å². The van der Waals surface area contributed by atoms with Gasteiger partial charge in [0.05, 0.1) is 0 Å². The SMILES string of the molecule is NCc1ccn2nc(CC3CCCNC3)nc2c1. The number of fused-ring (bicyclic) bond motifs is 1. The molecular formula is C13H19N5. The Morgan fingerprint density at radius 3 is 3.22 bits per heavy atom. The maximum absolute atomic E-state index is 5.63. The van der Waals surface area contributed by atoms with Crippen molar-refractivity contribution in [2.75, 3.05) is 13.1 Å². The number of rotatable bonds is 3. The number of hydrogen-bond acceptors (Lipinski definition) is 4. The topological polar surface area (TPSA) is 68.2 Å². The summed E-state index contributed by atoms with van der Waals surface area (Å²) in [4.78, 5) is 4.58. The molecule has 1 saturated heterocycles. The van der Waals surface area contributed by atoms with Crippen LogP contribution < -0.4 is 11.1 Å². The normalized spacial score (nSPS) is 20.4. The second-order valence-corrected chi connectivity index (χ2v) is 4.99. The first-order valence-corrected chi connectivity index (χ1v) is 6.60. The molecule has 0 radical (unpaired) electrons. The minimum atomic E-state index is 0.547. The molecule has 2 aromatic heterocycles. The van der Waals surface area contributed by atoms with Crippen molar-refractivity contribution >= 4 is 5.65 Å². The van der Waals surface area contributed by atoms with Crippen LogP contribution in [0.5, 0.6) is 0 Å². The summed E-state index contributed by atoms with van der Waals surface area (Å²) in [6, 6.07) is 4.00. The third kappa shape index (κ3) is 2.37. The smallest absolute Gasteiger partial charge is 0.155 e. The zero-order valence-corrected chi connectivity index (χ0v) is 10.5. The maximum atomic E-state index is 5.63. The molecule has 1 aliphatic rings. The van der Waals surface area contributed by atoms with E-state index in [1.807, 2.05) is 22.8 Å². The molecule has 3 heterocycles. The van der Waals surface area contributed by atoms with E-state index < -0.39 is 0 Å². The van der Waals surface area contributed by atoms with Gasteiger partial charge in [0, 0.05) is 19.2 Å². The Hall–Kier alpha value is -1.46. The molecular weight excluding hydrogens is 226 g/mol. The summed E-state index contributed by atoms with van der Waals surface area (Å²) in [5.74, 6) is 1.61. The minimum Gasteiger partial charge on any atom is -0.326 e. The van der Waals surface area contributed by atoms with Crippen molar-refractivity contribution in [3.05, 3.63) is 29.7 Å². The average Bonchev–Trinajstić information content (AvgIpc) is 2.80. The summed E-state index contributed by atoms with van der Waals surface area (Å²) < 4.78 is 1.84. The molecule has 5 nitrogen and oxygen atoms in total.